The van der Waals surface area contributed by atoms with Crippen molar-refractivity contribution < 1.29 is 19.8 Å². The van der Waals surface area contributed by atoms with Crippen LogP contribution >= 0.6 is 0 Å². The number of nitrogens with zero attached hydrogens (tertiary/aromatic N) is 1. The highest BCUT2D eigenvalue weighted by molar-refractivity contribution is 5.95. The topological polar surface area (TPSA) is 104 Å². The minimum Gasteiger partial charge on any atom is -0.504 e. The average Bonchev–Trinajstić information content (AvgIpc) is 2.62. The van der Waals surface area contributed by atoms with Crippen LogP contribution in [0.2, 0.25) is 0 Å². The second-order valence-electron chi connectivity index (χ2n) is 5.38. The molecule has 1 aromatic rings. The number of phenolic OH excluding ortho intramolecular Hbond substituents is 2. The lowest BCUT2D eigenvalue weighted by molar-refractivity contribution is -0.132. The van der Waals surface area contributed by atoms with Gasteiger partial charge >= 0.3 is 6.03 Å². The predicted octanol–water partition coefficient (Wildman–Crippen LogP) is 1.74. The molecule has 0 aromatic heterocycles. The first-order valence-corrected chi connectivity index (χ1v) is 7.10. The van der Waals surface area contributed by atoms with Crippen LogP contribution in [-0.2, 0) is 11.2 Å². The molecule has 6 nitrogen and oxygen atoms in total. The number of hydrogen-bond donors (Lipinski definition) is 3. The van der Waals surface area contributed by atoms with E-state index < -0.39 is 6.03 Å². The van der Waals surface area contributed by atoms with Gasteiger partial charge in [0.25, 0.3) is 0 Å². The number of primary amides is 1. The molecule has 0 aliphatic carbocycles. The molecule has 1 heterocycles. The van der Waals surface area contributed by atoms with Gasteiger partial charge in [-0.1, -0.05) is 12.5 Å². The van der Waals surface area contributed by atoms with Crippen LogP contribution in [0.4, 0.5) is 4.79 Å². The average molecular weight is 292 g/mol. The number of nitrogens with two attached hydrogens (primary N) is 1. The lowest BCUT2D eigenvalue weighted by Gasteiger charge is -2.20. The Bertz CT molecular complexity index is 544. The minimum atomic E-state index is -0.686. The number of carbonyl (C=O) groups excluding carboxylic acids is 2. The molecule has 2 rings (SSSR count). The Morgan fingerprint density at radius 2 is 2.05 bits per heavy atom. The summed E-state index contributed by atoms with van der Waals surface area (Å²) in [6.07, 6.45) is 3.60. The summed E-state index contributed by atoms with van der Waals surface area (Å²) >= 11 is 0. The molecule has 1 atom stereocenters. The summed E-state index contributed by atoms with van der Waals surface area (Å²) in [5, 5.41) is 18.7. The van der Waals surface area contributed by atoms with Crippen molar-refractivity contribution in [3.05, 3.63) is 23.8 Å². The fraction of sp³-hybridized carbons (Fsp3) is 0.467. The molecule has 0 bridgehead atoms. The molecule has 6 heteroatoms. The van der Waals surface area contributed by atoms with E-state index in [0.29, 0.717) is 19.4 Å². The molecular formula is C15H20N2O4. The van der Waals surface area contributed by atoms with E-state index in [4.69, 9.17) is 5.73 Å². The smallest absolute Gasteiger partial charge is 0.321 e. The van der Waals surface area contributed by atoms with Gasteiger partial charge in [-0.15, -0.1) is 0 Å². The first-order chi connectivity index (χ1) is 9.99. The number of imide groups is 1. The molecule has 0 spiro atoms. The van der Waals surface area contributed by atoms with Crippen LogP contribution in [0.25, 0.3) is 0 Å². The van der Waals surface area contributed by atoms with E-state index in [0.717, 1.165) is 29.7 Å². The van der Waals surface area contributed by atoms with E-state index >= 15 is 0 Å². The number of amides is 3. The van der Waals surface area contributed by atoms with E-state index in [-0.39, 0.29) is 23.3 Å². The number of aryl methyl sites for hydroxylation is 1. The summed E-state index contributed by atoms with van der Waals surface area (Å²) in [6, 6.07) is 3.94. The fourth-order valence-corrected chi connectivity index (χ4v) is 2.67. The van der Waals surface area contributed by atoms with Crippen molar-refractivity contribution in [2.24, 2.45) is 11.7 Å². The molecule has 1 aliphatic heterocycles. The Morgan fingerprint density at radius 3 is 2.71 bits per heavy atom. The summed E-state index contributed by atoms with van der Waals surface area (Å²) in [6.45, 7) is 0.394. The third-order valence-electron chi connectivity index (χ3n) is 3.89. The summed E-state index contributed by atoms with van der Waals surface area (Å²) in [4.78, 5) is 24.7. The molecular weight excluding hydrogens is 272 g/mol. The lowest BCUT2D eigenvalue weighted by Crippen LogP contribution is -2.43. The maximum absolute atomic E-state index is 12.3. The van der Waals surface area contributed by atoms with Crippen molar-refractivity contribution >= 4 is 11.9 Å². The maximum Gasteiger partial charge on any atom is 0.321 e. The normalized spacial score (nSPS) is 19.3. The fourth-order valence-electron chi connectivity index (χ4n) is 2.67. The van der Waals surface area contributed by atoms with Crippen molar-refractivity contribution in [2.45, 2.75) is 32.1 Å². The van der Waals surface area contributed by atoms with Gasteiger partial charge in [0.2, 0.25) is 5.91 Å². The first-order valence-electron chi connectivity index (χ1n) is 7.10. The molecule has 4 N–H and O–H groups in total. The molecule has 21 heavy (non-hydrogen) atoms. The Balaban J connectivity index is 2.01. The number of hydrogen-bond acceptors (Lipinski definition) is 4. The van der Waals surface area contributed by atoms with Gasteiger partial charge in [-0.25, -0.2) is 4.79 Å². The molecule has 0 radical (unpaired) electrons. The largest absolute Gasteiger partial charge is 0.504 e. The number of carbonyl (C=O) groups is 2. The molecule has 1 saturated heterocycles. The van der Waals surface area contributed by atoms with E-state index in [1.54, 1.807) is 6.07 Å². The van der Waals surface area contributed by atoms with Crippen molar-refractivity contribution in [3.8, 4) is 11.5 Å². The van der Waals surface area contributed by atoms with Gasteiger partial charge in [-0.05, 0) is 43.4 Å². The molecule has 3 amide bonds. The number of benzene rings is 1. The van der Waals surface area contributed by atoms with Gasteiger partial charge in [0.15, 0.2) is 11.5 Å². The van der Waals surface area contributed by atoms with Gasteiger partial charge in [0.1, 0.15) is 0 Å². The Hall–Kier alpha value is -2.24. The monoisotopic (exact) mass is 292 g/mol. The van der Waals surface area contributed by atoms with E-state index in [9.17, 15) is 19.8 Å². The Morgan fingerprint density at radius 1 is 1.29 bits per heavy atom. The van der Waals surface area contributed by atoms with E-state index in [2.05, 4.69) is 0 Å². The summed E-state index contributed by atoms with van der Waals surface area (Å²) < 4.78 is 0. The number of urea groups is 1. The number of aromatic hydroxyl groups is 2. The molecule has 1 aromatic carbocycles. The second kappa shape index (κ2) is 6.47. The molecule has 1 unspecified atom stereocenters. The predicted molar refractivity (Wildman–Crippen MR) is 76.7 cm³/mol. The van der Waals surface area contributed by atoms with Gasteiger partial charge in [0, 0.05) is 12.5 Å². The van der Waals surface area contributed by atoms with Crippen LogP contribution < -0.4 is 5.73 Å². The van der Waals surface area contributed by atoms with Crippen LogP contribution in [0.5, 0.6) is 11.5 Å². The summed E-state index contributed by atoms with van der Waals surface area (Å²) in [7, 11) is 0. The van der Waals surface area contributed by atoms with Crippen LogP contribution in [0, 0.1) is 5.92 Å². The molecule has 1 aliphatic rings. The zero-order chi connectivity index (χ0) is 15.4. The lowest BCUT2D eigenvalue weighted by atomic mass is 9.94. The Kier molecular flexibility index (Phi) is 4.67. The summed E-state index contributed by atoms with van der Waals surface area (Å²) in [5.74, 6) is -0.762. The van der Waals surface area contributed by atoms with Crippen LogP contribution in [0.15, 0.2) is 18.2 Å². The van der Waals surface area contributed by atoms with Gasteiger partial charge < -0.3 is 15.9 Å². The van der Waals surface area contributed by atoms with Crippen molar-refractivity contribution in [1.29, 1.82) is 0 Å². The second-order valence-corrected chi connectivity index (χ2v) is 5.38. The molecule has 1 fully saturated rings. The minimum absolute atomic E-state index is 0.163. The first kappa shape index (κ1) is 15.2. The van der Waals surface area contributed by atoms with Gasteiger partial charge in [0.05, 0.1) is 0 Å². The van der Waals surface area contributed by atoms with Crippen molar-refractivity contribution in [3.63, 3.8) is 0 Å². The van der Waals surface area contributed by atoms with Crippen molar-refractivity contribution in [1.82, 2.24) is 4.90 Å². The third kappa shape index (κ3) is 3.65. The molecule has 114 valence electrons. The number of likely N-dealkylation sites (tertiary alicyclic amines) is 1. The Labute approximate surface area is 123 Å². The highest BCUT2D eigenvalue weighted by Crippen LogP contribution is 2.27. The third-order valence-corrected chi connectivity index (χ3v) is 3.89. The van der Waals surface area contributed by atoms with Crippen LogP contribution in [0.1, 0.15) is 31.2 Å². The van der Waals surface area contributed by atoms with E-state index in [1.165, 1.54) is 12.1 Å². The highest BCUT2D eigenvalue weighted by atomic mass is 16.3. The number of phenols is 2. The molecule has 0 saturated carbocycles. The maximum atomic E-state index is 12.3. The standard InChI is InChI=1S/C15H20N2O4/c16-15(21)17-8-2-1-3-11(14(17)20)6-4-10-5-7-12(18)13(19)9-10/h5,7,9,11,18-19H,1-4,6,8H2,(H2,16,21). The SMILES string of the molecule is NC(=O)N1CCCCC(CCc2ccc(O)c(O)c2)C1=O. The quantitative estimate of drug-likeness (QED) is 0.738. The van der Waals surface area contributed by atoms with Gasteiger partial charge in [-0.3, -0.25) is 9.69 Å². The van der Waals surface area contributed by atoms with E-state index in [1.807, 2.05) is 0 Å². The highest BCUT2D eigenvalue weighted by Gasteiger charge is 2.29. The summed E-state index contributed by atoms with van der Waals surface area (Å²) in [5.41, 5.74) is 6.08. The zero-order valence-corrected chi connectivity index (χ0v) is 11.8. The van der Waals surface area contributed by atoms with Gasteiger partial charge in [-0.2, -0.15) is 0 Å². The number of rotatable bonds is 3. The van der Waals surface area contributed by atoms with Crippen molar-refractivity contribution in [2.75, 3.05) is 6.54 Å². The van der Waals surface area contributed by atoms with Crippen LogP contribution in [0.3, 0.4) is 0 Å². The zero-order valence-electron chi connectivity index (χ0n) is 11.8. The van der Waals surface area contributed by atoms with Crippen LogP contribution in [-0.4, -0.2) is 33.6 Å².